The van der Waals surface area contributed by atoms with Crippen LogP contribution in [-0.4, -0.2) is 57.4 Å². The minimum absolute atomic E-state index is 0.0758. The maximum absolute atomic E-state index is 13.3. The van der Waals surface area contributed by atoms with Gasteiger partial charge in [-0.15, -0.1) is 11.6 Å². The molecule has 7 nitrogen and oxygen atoms in total. The zero-order chi connectivity index (χ0) is 25.9. The molecule has 9 heteroatoms. The van der Waals surface area contributed by atoms with Crippen molar-refractivity contribution in [3.8, 4) is 11.5 Å². The van der Waals surface area contributed by atoms with Gasteiger partial charge in [0.2, 0.25) is 0 Å². The molecule has 194 valence electrons. The number of aromatic nitrogens is 1. The van der Waals surface area contributed by atoms with Gasteiger partial charge in [0, 0.05) is 29.2 Å². The number of rotatable bonds is 7. The molecule has 2 aromatic carbocycles. The van der Waals surface area contributed by atoms with Crippen LogP contribution in [0, 0.1) is 5.82 Å². The molecule has 2 aliphatic rings. The third kappa shape index (κ3) is 5.51. The van der Waals surface area contributed by atoms with Gasteiger partial charge in [-0.05, 0) is 60.4 Å². The van der Waals surface area contributed by atoms with Crippen LogP contribution in [-0.2, 0) is 6.42 Å². The number of alkyl halides is 1. The van der Waals surface area contributed by atoms with Crippen molar-refractivity contribution in [3.05, 3.63) is 81.7 Å². The molecule has 2 unspecified atom stereocenters. The first-order valence-electron chi connectivity index (χ1n) is 12.3. The number of nitrogens with one attached hydrogen (secondary N) is 1. The molecule has 0 fully saturated rings. The molecule has 5 rings (SSSR count). The first-order valence-corrected chi connectivity index (χ1v) is 12.7. The normalized spacial score (nSPS) is 19.2. The molecule has 3 aromatic rings. The van der Waals surface area contributed by atoms with E-state index in [2.05, 4.69) is 17.1 Å². The molecule has 1 aliphatic heterocycles. The van der Waals surface area contributed by atoms with Crippen LogP contribution in [0.1, 0.15) is 35.7 Å². The Morgan fingerprint density at radius 1 is 1.16 bits per heavy atom. The van der Waals surface area contributed by atoms with Crippen molar-refractivity contribution in [2.24, 2.45) is 0 Å². The molecule has 1 aliphatic carbocycles. The fraction of sp³-hybridized carbons (Fsp3) is 0.321. The highest BCUT2D eigenvalue weighted by Gasteiger charge is 2.35. The number of hydrogen-bond donors (Lipinski definition) is 3. The molecule has 3 atom stereocenters. The molecule has 0 saturated heterocycles. The van der Waals surface area contributed by atoms with Gasteiger partial charge in [0.1, 0.15) is 23.4 Å². The summed E-state index contributed by atoms with van der Waals surface area (Å²) in [6, 6.07) is 12.3. The molecule has 1 aromatic heterocycles. The summed E-state index contributed by atoms with van der Waals surface area (Å²) in [6.07, 6.45) is 4.48. The lowest BCUT2D eigenvalue weighted by molar-refractivity contribution is 0.0754. The van der Waals surface area contributed by atoms with E-state index >= 15 is 0 Å². The second-order valence-corrected chi connectivity index (χ2v) is 9.74. The second kappa shape index (κ2) is 11.0. The van der Waals surface area contributed by atoms with Crippen molar-refractivity contribution in [2.75, 3.05) is 19.8 Å². The zero-order valence-electron chi connectivity index (χ0n) is 20.1. The number of aromatic amines is 1. The quantitative estimate of drug-likeness (QED) is 0.411. The van der Waals surface area contributed by atoms with Gasteiger partial charge >= 0.3 is 6.09 Å². The lowest BCUT2D eigenvalue weighted by Gasteiger charge is -2.35. The third-order valence-electron chi connectivity index (χ3n) is 6.67. The average Bonchev–Trinajstić information content (AvgIpc) is 3.27. The number of nitrogens with zero attached hydrogens (tertiary/aromatic N) is 1. The number of carbonyl (C=O) groups excluding carboxylic acids is 1. The van der Waals surface area contributed by atoms with Gasteiger partial charge in [0.05, 0.1) is 24.7 Å². The molecule has 3 N–H and O–H groups in total. The maximum atomic E-state index is 13.3. The summed E-state index contributed by atoms with van der Waals surface area (Å²) in [5.41, 5.74) is 2.90. The van der Waals surface area contributed by atoms with E-state index in [9.17, 15) is 14.3 Å². The molecule has 0 bridgehead atoms. The van der Waals surface area contributed by atoms with Crippen LogP contribution in [0.25, 0.3) is 12.2 Å². The lowest BCUT2D eigenvalue weighted by Crippen LogP contribution is -2.43. The van der Waals surface area contributed by atoms with Gasteiger partial charge in [-0.3, -0.25) is 4.90 Å². The largest absolute Gasteiger partial charge is 0.493 e. The van der Waals surface area contributed by atoms with Crippen molar-refractivity contribution < 1.29 is 28.9 Å². The Labute approximate surface area is 218 Å². The monoisotopic (exact) mass is 526 g/mol. The summed E-state index contributed by atoms with van der Waals surface area (Å²) in [4.78, 5) is 18.5. The number of ether oxygens (including phenoxy) is 2. The number of aliphatic hydroxyl groups is 2. The minimum atomic E-state index is -0.819. The van der Waals surface area contributed by atoms with Crippen LogP contribution in [0.5, 0.6) is 11.5 Å². The SMILES string of the molecule is O=C(Oc1ccc(F)cc1)N1CCc2c([nH]c3c2=CC(Cl)CC=3)C1c1ccc(OCC[C@H](O)CO)cc1. The second-order valence-electron chi connectivity index (χ2n) is 9.18. The fourth-order valence-corrected chi connectivity index (χ4v) is 5.02. The highest BCUT2D eigenvalue weighted by Crippen LogP contribution is 2.34. The van der Waals surface area contributed by atoms with E-state index in [1.807, 2.05) is 24.3 Å². The number of amides is 1. The topological polar surface area (TPSA) is 95.0 Å². The molecule has 0 saturated carbocycles. The van der Waals surface area contributed by atoms with Gasteiger partial charge < -0.3 is 24.7 Å². The number of carbonyl (C=O) groups is 1. The summed E-state index contributed by atoms with van der Waals surface area (Å²) in [5.74, 6) is 0.473. The Morgan fingerprint density at radius 3 is 2.62 bits per heavy atom. The highest BCUT2D eigenvalue weighted by molar-refractivity contribution is 6.24. The van der Waals surface area contributed by atoms with E-state index in [0.29, 0.717) is 25.1 Å². The van der Waals surface area contributed by atoms with Crippen molar-refractivity contribution in [2.45, 2.75) is 36.8 Å². The number of fused-ring (bicyclic) bond motifs is 3. The predicted octanol–water partition coefficient (Wildman–Crippen LogP) is 2.99. The number of aliphatic hydroxyl groups excluding tert-OH is 2. The van der Waals surface area contributed by atoms with Crippen LogP contribution >= 0.6 is 11.6 Å². The molecule has 0 radical (unpaired) electrons. The van der Waals surface area contributed by atoms with Gasteiger partial charge in [-0.1, -0.05) is 24.3 Å². The number of hydrogen-bond acceptors (Lipinski definition) is 5. The zero-order valence-corrected chi connectivity index (χ0v) is 20.8. The summed E-state index contributed by atoms with van der Waals surface area (Å²) in [5, 5.41) is 20.5. The van der Waals surface area contributed by atoms with Gasteiger partial charge in [-0.2, -0.15) is 0 Å². The number of halogens is 2. The number of H-pyrrole nitrogens is 1. The molecule has 1 amide bonds. The Morgan fingerprint density at radius 2 is 1.89 bits per heavy atom. The van der Waals surface area contributed by atoms with E-state index in [1.165, 1.54) is 24.3 Å². The summed E-state index contributed by atoms with van der Waals surface area (Å²) in [7, 11) is 0. The van der Waals surface area contributed by atoms with Gasteiger partial charge in [0.25, 0.3) is 0 Å². The fourth-order valence-electron chi connectivity index (χ4n) is 4.80. The average molecular weight is 527 g/mol. The van der Waals surface area contributed by atoms with Gasteiger partial charge in [-0.25, -0.2) is 9.18 Å². The summed E-state index contributed by atoms with van der Waals surface area (Å²) >= 11 is 6.41. The standard InChI is InChI=1S/C28H28ClFN2O5/c29-18-3-10-25-24(15-18)23-11-13-32(28(35)37-22-8-4-19(30)5-9-22)27(26(23)31-25)17-1-6-21(7-2-17)36-14-12-20(34)16-33/h1-2,4-10,15,18,20,27,31,33-34H,3,11-14,16H2/t18?,20-,27?/m0/s1. The molecular weight excluding hydrogens is 499 g/mol. The van der Waals surface area contributed by atoms with E-state index < -0.39 is 24.1 Å². The maximum Gasteiger partial charge on any atom is 0.416 e. The summed E-state index contributed by atoms with van der Waals surface area (Å²) < 4.78 is 24.6. The van der Waals surface area contributed by atoms with E-state index in [1.54, 1.807) is 4.90 Å². The van der Waals surface area contributed by atoms with Crippen LogP contribution in [0.4, 0.5) is 9.18 Å². The van der Waals surface area contributed by atoms with Crippen molar-refractivity contribution >= 4 is 29.8 Å². The molecular formula is C28H28ClFN2O5. The number of benzene rings is 2. The minimum Gasteiger partial charge on any atom is -0.493 e. The van der Waals surface area contributed by atoms with Crippen LogP contribution in [0.3, 0.4) is 0 Å². The molecule has 37 heavy (non-hydrogen) atoms. The van der Waals surface area contributed by atoms with E-state index in [-0.39, 0.29) is 24.3 Å². The van der Waals surface area contributed by atoms with Crippen LogP contribution in [0.15, 0.2) is 48.5 Å². The summed E-state index contributed by atoms with van der Waals surface area (Å²) in [6.45, 7) is 0.384. The predicted molar refractivity (Wildman–Crippen MR) is 138 cm³/mol. The Bertz CT molecular complexity index is 1370. The first-order chi connectivity index (χ1) is 17.9. The van der Waals surface area contributed by atoms with Crippen LogP contribution < -0.4 is 20.0 Å². The van der Waals surface area contributed by atoms with Crippen molar-refractivity contribution in [1.29, 1.82) is 0 Å². The Hall–Kier alpha value is -3.33. The van der Waals surface area contributed by atoms with Crippen LogP contribution in [0.2, 0.25) is 0 Å². The lowest BCUT2D eigenvalue weighted by atomic mass is 9.92. The third-order valence-corrected chi connectivity index (χ3v) is 6.98. The highest BCUT2D eigenvalue weighted by atomic mass is 35.5. The van der Waals surface area contributed by atoms with Crippen molar-refractivity contribution in [1.82, 2.24) is 9.88 Å². The molecule has 0 spiro atoms. The van der Waals surface area contributed by atoms with Gasteiger partial charge in [0.15, 0.2) is 0 Å². The van der Waals surface area contributed by atoms with E-state index in [0.717, 1.165) is 33.8 Å². The molecule has 2 heterocycles. The first kappa shape index (κ1) is 25.3. The smallest absolute Gasteiger partial charge is 0.416 e. The van der Waals surface area contributed by atoms with E-state index in [4.69, 9.17) is 26.2 Å². The van der Waals surface area contributed by atoms with Crippen molar-refractivity contribution in [3.63, 3.8) is 0 Å². The Balaban J connectivity index is 1.46. The Kier molecular flexibility index (Phi) is 7.50.